The van der Waals surface area contributed by atoms with Gasteiger partial charge in [0.25, 0.3) is 0 Å². The SMILES string of the molecule is CCCCCC/C=C(/Sc1ccccc1)C1CCC(=O)C1C(=O)OC. The number of ether oxygens (including phenoxy) is 1. The fourth-order valence-electron chi connectivity index (χ4n) is 3.28. The number of methoxy groups -OCH3 is 1. The molecule has 0 aromatic heterocycles. The number of carbonyl (C=O) groups is 2. The van der Waals surface area contributed by atoms with E-state index in [2.05, 4.69) is 25.1 Å². The van der Waals surface area contributed by atoms with Gasteiger partial charge in [0.05, 0.1) is 7.11 Å². The van der Waals surface area contributed by atoms with Crippen molar-refractivity contribution in [1.29, 1.82) is 0 Å². The molecule has 0 radical (unpaired) electrons. The topological polar surface area (TPSA) is 43.4 Å². The Hall–Kier alpha value is -1.55. The van der Waals surface area contributed by atoms with Gasteiger partial charge in [-0.2, -0.15) is 0 Å². The van der Waals surface area contributed by atoms with Crippen LogP contribution in [-0.2, 0) is 14.3 Å². The van der Waals surface area contributed by atoms with Gasteiger partial charge in [0.15, 0.2) is 0 Å². The molecule has 2 unspecified atom stereocenters. The van der Waals surface area contributed by atoms with Gasteiger partial charge in [-0.3, -0.25) is 9.59 Å². The first-order chi connectivity index (χ1) is 12.2. The lowest BCUT2D eigenvalue weighted by atomic mass is 9.94. The third kappa shape index (κ3) is 5.74. The van der Waals surface area contributed by atoms with Gasteiger partial charge < -0.3 is 4.74 Å². The summed E-state index contributed by atoms with van der Waals surface area (Å²) in [5, 5.41) is 0. The fourth-order valence-corrected chi connectivity index (χ4v) is 4.45. The van der Waals surface area contributed by atoms with E-state index in [1.54, 1.807) is 11.8 Å². The summed E-state index contributed by atoms with van der Waals surface area (Å²) in [4.78, 5) is 26.6. The smallest absolute Gasteiger partial charge is 0.316 e. The second-order valence-electron chi connectivity index (χ2n) is 6.48. The number of rotatable bonds is 9. The molecule has 1 aromatic carbocycles. The molecule has 0 N–H and O–H groups in total. The summed E-state index contributed by atoms with van der Waals surface area (Å²) < 4.78 is 4.90. The molecule has 0 amide bonds. The van der Waals surface area contributed by atoms with E-state index in [9.17, 15) is 9.59 Å². The van der Waals surface area contributed by atoms with Crippen LogP contribution in [0.3, 0.4) is 0 Å². The normalized spacial score (nSPS) is 20.7. The lowest BCUT2D eigenvalue weighted by molar-refractivity contribution is -0.149. The first kappa shape index (κ1) is 19.8. The highest BCUT2D eigenvalue weighted by atomic mass is 32.2. The van der Waals surface area contributed by atoms with Crippen molar-refractivity contribution in [3.8, 4) is 0 Å². The average Bonchev–Trinajstić information content (AvgIpc) is 3.02. The molecule has 1 aliphatic rings. The van der Waals surface area contributed by atoms with E-state index < -0.39 is 11.9 Å². The van der Waals surface area contributed by atoms with Gasteiger partial charge in [-0.25, -0.2) is 0 Å². The van der Waals surface area contributed by atoms with Gasteiger partial charge in [-0.1, -0.05) is 62.2 Å². The van der Waals surface area contributed by atoms with Crippen LogP contribution in [0.25, 0.3) is 0 Å². The maximum absolute atomic E-state index is 12.2. The molecule has 0 heterocycles. The molecular formula is C21H28O3S. The Balaban J connectivity index is 2.16. The molecule has 0 aliphatic heterocycles. The molecule has 0 bridgehead atoms. The van der Waals surface area contributed by atoms with Crippen molar-refractivity contribution in [2.24, 2.45) is 11.8 Å². The first-order valence-electron chi connectivity index (χ1n) is 9.20. The van der Waals surface area contributed by atoms with Crippen LogP contribution in [-0.4, -0.2) is 18.9 Å². The van der Waals surface area contributed by atoms with Crippen molar-refractivity contribution < 1.29 is 14.3 Å². The molecule has 0 spiro atoms. The number of esters is 1. The molecule has 0 saturated heterocycles. The predicted molar refractivity (Wildman–Crippen MR) is 102 cm³/mol. The van der Waals surface area contributed by atoms with Crippen molar-refractivity contribution in [2.75, 3.05) is 7.11 Å². The maximum atomic E-state index is 12.2. The number of Topliss-reactive ketones (excluding diaryl/α,β-unsaturated/α-hetero) is 1. The summed E-state index contributed by atoms with van der Waals surface area (Å²) in [6.45, 7) is 2.21. The zero-order valence-corrected chi connectivity index (χ0v) is 16.0. The standard InChI is InChI=1S/C21H28O3S/c1-3-4-5-6-10-13-19(25-16-11-8-7-9-12-16)17-14-15-18(22)20(17)21(23)24-2/h7-9,11-13,17,20H,3-6,10,14-15H2,1-2H3/b19-13+. The predicted octanol–water partition coefficient (Wildman–Crippen LogP) is 5.40. The summed E-state index contributed by atoms with van der Waals surface area (Å²) in [6, 6.07) is 10.2. The molecule has 1 aliphatic carbocycles. The number of benzene rings is 1. The number of allylic oxidation sites excluding steroid dienone is 2. The Morgan fingerprint density at radius 3 is 2.68 bits per heavy atom. The Morgan fingerprint density at radius 2 is 2.00 bits per heavy atom. The largest absolute Gasteiger partial charge is 0.468 e. The lowest BCUT2D eigenvalue weighted by Crippen LogP contribution is -2.26. The number of hydrogen-bond acceptors (Lipinski definition) is 4. The second kappa shape index (κ2) is 10.4. The Morgan fingerprint density at radius 1 is 1.24 bits per heavy atom. The zero-order valence-electron chi connectivity index (χ0n) is 15.2. The monoisotopic (exact) mass is 360 g/mol. The van der Waals surface area contributed by atoms with E-state index in [4.69, 9.17) is 4.74 Å². The number of ketones is 1. The Bertz CT molecular complexity index is 594. The van der Waals surface area contributed by atoms with Gasteiger partial charge in [0, 0.05) is 17.2 Å². The summed E-state index contributed by atoms with van der Waals surface area (Å²) >= 11 is 1.68. The van der Waals surface area contributed by atoms with Crippen LogP contribution in [0.2, 0.25) is 0 Å². The van der Waals surface area contributed by atoms with Crippen LogP contribution in [0, 0.1) is 11.8 Å². The number of thioether (sulfide) groups is 1. The van der Waals surface area contributed by atoms with Crippen molar-refractivity contribution in [2.45, 2.75) is 56.8 Å². The van der Waals surface area contributed by atoms with Crippen LogP contribution in [0.5, 0.6) is 0 Å². The highest BCUT2D eigenvalue weighted by Gasteiger charge is 2.42. The molecule has 4 heteroatoms. The molecule has 136 valence electrons. The van der Waals surface area contributed by atoms with Crippen molar-refractivity contribution in [1.82, 2.24) is 0 Å². The van der Waals surface area contributed by atoms with E-state index in [1.165, 1.54) is 26.4 Å². The van der Waals surface area contributed by atoms with Crippen LogP contribution in [0.4, 0.5) is 0 Å². The van der Waals surface area contributed by atoms with Gasteiger partial charge in [0.1, 0.15) is 11.7 Å². The maximum Gasteiger partial charge on any atom is 0.316 e. The first-order valence-corrected chi connectivity index (χ1v) is 10.0. The quantitative estimate of drug-likeness (QED) is 0.256. The van der Waals surface area contributed by atoms with Crippen LogP contribution in [0.15, 0.2) is 46.2 Å². The van der Waals surface area contributed by atoms with E-state index in [-0.39, 0.29) is 11.7 Å². The van der Waals surface area contributed by atoms with Crippen molar-refractivity contribution >= 4 is 23.5 Å². The van der Waals surface area contributed by atoms with Gasteiger partial charge in [-0.15, -0.1) is 0 Å². The molecule has 2 atom stereocenters. The molecule has 25 heavy (non-hydrogen) atoms. The number of carbonyl (C=O) groups excluding carboxylic acids is 2. The summed E-state index contributed by atoms with van der Waals surface area (Å²) in [5.74, 6) is -1.06. The summed E-state index contributed by atoms with van der Waals surface area (Å²) in [6.07, 6.45) is 9.28. The molecule has 1 saturated carbocycles. The molecule has 2 rings (SSSR count). The van der Waals surface area contributed by atoms with Crippen molar-refractivity contribution in [3.05, 3.63) is 41.3 Å². The van der Waals surface area contributed by atoms with Gasteiger partial charge >= 0.3 is 5.97 Å². The second-order valence-corrected chi connectivity index (χ2v) is 7.63. The van der Waals surface area contributed by atoms with E-state index in [1.807, 2.05) is 18.2 Å². The third-order valence-electron chi connectivity index (χ3n) is 4.65. The fraction of sp³-hybridized carbons (Fsp3) is 0.524. The van der Waals surface area contributed by atoms with Crippen LogP contribution >= 0.6 is 11.8 Å². The van der Waals surface area contributed by atoms with Gasteiger partial charge in [-0.05, 0) is 36.3 Å². The number of hydrogen-bond donors (Lipinski definition) is 0. The Labute approximate surface area is 155 Å². The van der Waals surface area contributed by atoms with Crippen LogP contribution in [0.1, 0.15) is 51.9 Å². The third-order valence-corrected chi connectivity index (χ3v) is 5.87. The summed E-state index contributed by atoms with van der Waals surface area (Å²) in [5.41, 5.74) is 0. The molecule has 3 nitrogen and oxygen atoms in total. The average molecular weight is 361 g/mol. The minimum atomic E-state index is -0.636. The summed E-state index contributed by atoms with van der Waals surface area (Å²) in [7, 11) is 1.36. The van der Waals surface area contributed by atoms with Crippen LogP contribution < -0.4 is 0 Å². The van der Waals surface area contributed by atoms with E-state index in [0.717, 1.165) is 29.1 Å². The number of unbranched alkanes of at least 4 members (excludes halogenated alkanes) is 4. The Kier molecular flexibility index (Phi) is 8.26. The lowest BCUT2D eigenvalue weighted by Gasteiger charge is -2.20. The van der Waals surface area contributed by atoms with E-state index in [0.29, 0.717) is 6.42 Å². The molecule has 1 fully saturated rings. The molecular weight excluding hydrogens is 332 g/mol. The minimum absolute atomic E-state index is 0.0161. The van der Waals surface area contributed by atoms with Crippen molar-refractivity contribution in [3.63, 3.8) is 0 Å². The molecule has 1 aromatic rings. The van der Waals surface area contributed by atoms with E-state index >= 15 is 0 Å². The highest BCUT2D eigenvalue weighted by Crippen LogP contribution is 2.43. The van der Waals surface area contributed by atoms with Gasteiger partial charge in [0.2, 0.25) is 0 Å². The zero-order chi connectivity index (χ0) is 18.1. The minimum Gasteiger partial charge on any atom is -0.468 e. The highest BCUT2D eigenvalue weighted by molar-refractivity contribution is 8.03.